The number of aryl methyl sites for hydroxylation is 3. The zero-order valence-electron chi connectivity index (χ0n) is 13.1. The molecule has 2 N–H and O–H groups in total. The minimum Gasteiger partial charge on any atom is -0.348 e. The summed E-state index contributed by atoms with van der Waals surface area (Å²) >= 11 is 0. The van der Waals surface area contributed by atoms with Gasteiger partial charge < -0.3 is 10.3 Å². The number of aromatic amines is 1. The lowest BCUT2D eigenvalue weighted by Crippen LogP contribution is -2.31. The molecule has 2 atom stereocenters. The average Bonchev–Trinajstić information content (AvgIpc) is 3.20. The van der Waals surface area contributed by atoms with Gasteiger partial charge in [-0.25, -0.2) is 0 Å². The van der Waals surface area contributed by atoms with Crippen LogP contribution in [0.25, 0.3) is 0 Å². The molecular weight excluding hydrogens is 276 g/mol. The molecule has 0 spiro atoms. The van der Waals surface area contributed by atoms with Crippen LogP contribution in [0.15, 0.2) is 35.1 Å². The molecule has 22 heavy (non-hydrogen) atoms. The maximum atomic E-state index is 12.2. The number of carbonyl (C=O) groups is 1. The summed E-state index contributed by atoms with van der Waals surface area (Å²) < 4.78 is 0. The molecule has 0 bridgehead atoms. The lowest BCUT2D eigenvalue weighted by molar-refractivity contribution is 0.0949. The fourth-order valence-electron chi connectivity index (χ4n) is 2.72. The predicted molar refractivity (Wildman–Crippen MR) is 86.3 cm³/mol. The Hall–Kier alpha value is -2.36. The highest BCUT2D eigenvalue weighted by atomic mass is 16.2. The van der Waals surface area contributed by atoms with E-state index in [1.165, 1.54) is 16.7 Å². The quantitative estimate of drug-likeness (QED) is 0.914. The minimum absolute atomic E-state index is 0.121. The molecule has 1 fully saturated rings. The molecule has 1 heterocycles. The van der Waals surface area contributed by atoms with Gasteiger partial charge in [-0.15, -0.1) is 0 Å². The van der Waals surface area contributed by atoms with E-state index in [0.29, 0.717) is 5.92 Å². The van der Waals surface area contributed by atoms with Crippen molar-refractivity contribution in [3.8, 4) is 0 Å². The van der Waals surface area contributed by atoms with E-state index in [9.17, 15) is 9.59 Å². The second-order valence-electron chi connectivity index (χ2n) is 6.15. The molecule has 3 rings (SSSR count). The van der Waals surface area contributed by atoms with Crippen molar-refractivity contribution in [2.45, 2.75) is 39.2 Å². The molecule has 4 heteroatoms. The van der Waals surface area contributed by atoms with E-state index in [1.807, 2.05) is 0 Å². The number of H-pyrrole nitrogens is 1. The van der Waals surface area contributed by atoms with Gasteiger partial charge in [0.2, 0.25) is 0 Å². The minimum atomic E-state index is -0.333. The van der Waals surface area contributed by atoms with Gasteiger partial charge in [0.05, 0.1) is 0 Å². The van der Waals surface area contributed by atoms with E-state index < -0.39 is 0 Å². The second kappa shape index (κ2) is 5.44. The number of benzene rings is 1. The zero-order chi connectivity index (χ0) is 15.9. The fraction of sp³-hybridized carbons (Fsp3) is 0.333. The number of aromatic nitrogens is 1. The van der Waals surface area contributed by atoms with Gasteiger partial charge in [0.1, 0.15) is 5.56 Å². The van der Waals surface area contributed by atoms with Crippen molar-refractivity contribution >= 4 is 5.91 Å². The molecule has 1 saturated carbocycles. The summed E-state index contributed by atoms with van der Waals surface area (Å²) in [6.45, 7) is 5.98. The smallest absolute Gasteiger partial charge is 0.260 e. The highest BCUT2D eigenvalue weighted by molar-refractivity contribution is 5.94. The van der Waals surface area contributed by atoms with E-state index in [0.717, 1.165) is 12.1 Å². The normalized spacial score (nSPS) is 19.8. The van der Waals surface area contributed by atoms with Crippen molar-refractivity contribution in [3.63, 3.8) is 0 Å². The number of carbonyl (C=O) groups excluding carboxylic acids is 1. The summed E-state index contributed by atoms with van der Waals surface area (Å²) in [4.78, 5) is 26.6. The largest absolute Gasteiger partial charge is 0.348 e. The van der Waals surface area contributed by atoms with Crippen LogP contribution in [0.2, 0.25) is 0 Å². The molecule has 0 saturated heterocycles. The Bertz CT molecular complexity index is 792. The van der Waals surface area contributed by atoms with Crippen LogP contribution in [-0.2, 0) is 0 Å². The molecule has 0 aliphatic heterocycles. The van der Waals surface area contributed by atoms with E-state index in [1.54, 1.807) is 19.1 Å². The fourth-order valence-corrected chi connectivity index (χ4v) is 2.72. The highest BCUT2D eigenvalue weighted by Crippen LogP contribution is 2.41. The van der Waals surface area contributed by atoms with Gasteiger partial charge in [0.15, 0.2) is 0 Å². The Morgan fingerprint density at radius 2 is 1.91 bits per heavy atom. The first-order valence-electron chi connectivity index (χ1n) is 7.53. The molecule has 1 amide bonds. The van der Waals surface area contributed by atoms with Crippen molar-refractivity contribution in [2.75, 3.05) is 0 Å². The highest BCUT2D eigenvalue weighted by Gasteiger charge is 2.39. The van der Waals surface area contributed by atoms with Crippen LogP contribution in [0.1, 0.15) is 45.1 Å². The third-order valence-corrected chi connectivity index (χ3v) is 4.37. The van der Waals surface area contributed by atoms with Gasteiger partial charge in [-0.05, 0) is 56.0 Å². The number of amides is 1. The zero-order valence-corrected chi connectivity index (χ0v) is 13.1. The van der Waals surface area contributed by atoms with Gasteiger partial charge >= 0.3 is 0 Å². The number of hydrogen-bond acceptors (Lipinski definition) is 2. The van der Waals surface area contributed by atoms with Crippen LogP contribution in [0.4, 0.5) is 0 Å². The molecule has 0 radical (unpaired) electrons. The Morgan fingerprint density at radius 1 is 1.14 bits per heavy atom. The van der Waals surface area contributed by atoms with E-state index >= 15 is 0 Å². The molecule has 1 aromatic carbocycles. The van der Waals surface area contributed by atoms with Crippen LogP contribution in [-0.4, -0.2) is 16.9 Å². The van der Waals surface area contributed by atoms with Crippen molar-refractivity contribution in [3.05, 3.63) is 68.6 Å². The molecule has 4 nitrogen and oxygen atoms in total. The van der Waals surface area contributed by atoms with Gasteiger partial charge in [0, 0.05) is 17.7 Å². The number of hydrogen-bond donors (Lipinski definition) is 2. The number of rotatable bonds is 3. The first-order chi connectivity index (χ1) is 10.5. The average molecular weight is 296 g/mol. The maximum Gasteiger partial charge on any atom is 0.260 e. The van der Waals surface area contributed by atoms with E-state index in [4.69, 9.17) is 0 Å². The first-order valence-corrected chi connectivity index (χ1v) is 7.53. The number of nitrogens with one attached hydrogen (secondary N) is 2. The molecule has 1 aliphatic rings. The summed E-state index contributed by atoms with van der Waals surface area (Å²) in [6.07, 6.45) is 0.929. The molecule has 114 valence electrons. The Balaban J connectivity index is 1.69. The monoisotopic (exact) mass is 296 g/mol. The van der Waals surface area contributed by atoms with Crippen LogP contribution in [0.5, 0.6) is 0 Å². The molecule has 1 aromatic heterocycles. The van der Waals surface area contributed by atoms with Crippen molar-refractivity contribution in [1.29, 1.82) is 0 Å². The molecule has 0 unspecified atom stereocenters. The maximum absolute atomic E-state index is 12.2. The molecule has 1 aliphatic carbocycles. The topological polar surface area (TPSA) is 62.0 Å². The summed E-state index contributed by atoms with van der Waals surface area (Å²) in [5.74, 6) is 0.0605. The van der Waals surface area contributed by atoms with Crippen LogP contribution < -0.4 is 10.9 Å². The third kappa shape index (κ3) is 2.82. The Labute approximate surface area is 129 Å². The summed E-state index contributed by atoms with van der Waals surface area (Å²) in [6, 6.07) is 9.87. The van der Waals surface area contributed by atoms with Gasteiger partial charge in [-0.2, -0.15) is 0 Å². The van der Waals surface area contributed by atoms with Crippen molar-refractivity contribution in [1.82, 2.24) is 10.3 Å². The molecular formula is C18H20N2O2. The predicted octanol–water partition coefficient (Wildman–Crippen LogP) is 2.59. The van der Waals surface area contributed by atoms with Gasteiger partial charge in [0.25, 0.3) is 11.5 Å². The summed E-state index contributed by atoms with van der Waals surface area (Å²) in [5.41, 5.74) is 4.39. The van der Waals surface area contributed by atoms with Crippen molar-refractivity contribution < 1.29 is 4.79 Å². The number of pyridine rings is 1. The van der Waals surface area contributed by atoms with Crippen LogP contribution in [0, 0.1) is 20.8 Å². The standard InChI is InChI=1S/C18H20N2O2/c1-10-4-6-13(8-11(10)2)15-9-16(15)20-18(22)14-7-5-12(3)19-17(14)21/h4-8,15-16H,9H2,1-3H3,(H,19,21)(H,20,22)/t15-,16+/m1/s1. The Morgan fingerprint density at radius 3 is 2.59 bits per heavy atom. The van der Waals surface area contributed by atoms with Crippen LogP contribution in [0.3, 0.4) is 0 Å². The Kier molecular flexibility index (Phi) is 3.61. The summed E-state index contributed by atoms with van der Waals surface area (Å²) in [7, 11) is 0. The SMILES string of the molecule is Cc1ccc(C(=O)N[C@H]2C[C@@H]2c2ccc(C)c(C)c2)c(=O)[nH]1. The van der Waals surface area contributed by atoms with E-state index in [2.05, 4.69) is 42.3 Å². The first kappa shape index (κ1) is 14.6. The summed E-state index contributed by atoms with van der Waals surface area (Å²) in [5, 5.41) is 2.95. The molecule has 2 aromatic rings. The van der Waals surface area contributed by atoms with Crippen LogP contribution >= 0.6 is 0 Å². The lowest BCUT2D eigenvalue weighted by Gasteiger charge is -2.07. The van der Waals surface area contributed by atoms with Gasteiger partial charge in [-0.3, -0.25) is 9.59 Å². The van der Waals surface area contributed by atoms with Crippen molar-refractivity contribution in [2.24, 2.45) is 0 Å². The lowest BCUT2D eigenvalue weighted by atomic mass is 10.0. The van der Waals surface area contributed by atoms with Gasteiger partial charge in [-0.1, -0.05) is 18.2 Å². The second-order valence-corrected chi connectivity index (χ2v) is 6.15. The van der Waals surface area contributed by atoms with E-state index in [-0.39, 0.29) is 23.1 Å². The third-order valence-electron chi connectivity index (χ3n) is 4.37.